The molecule has 2 rings (SSSR count). The lowest BCUT2D eigenvalue weighted by Gasteiger charge is -2.33. The van der Waals surface area contributed by atoms with Gasteiger partial charge in [0, 0.05) is 24.5 Å². The largest absolute Gasteiger partial charge is 0.338 e. The van der Waals surface area contributed by atoms with Crippen molar-refractivity contribution in [1.29, 1.82) is 0 Å². The molecule has 2 saturated heterocycles. The highest BCUT2D eigenvalue weighted by molar-refractivity contribution is 5.78. The third-order valence-electron chi connectivity index (χ3n) is 4.04. The van der Waals surface area contributed by atoms with Crippen LogP contribution >= 0.6 is 0 Å². The summed E-state index contributed by atoms with van der Waals surface area (Å²) < 4.78 is 0. The second-order valence-corrected chi connectivity index (χ2v) is 5.81. The van der Waals surface area contributed by atoms with Crippen molar-refractivity contribution in [2.75, 3.05) is 13.1 Å². The average Bonchev–Trinajstić information content (AvgIpc) is 2.59. The van der Waals surface area contributed by atoms with Crippen molar-refractivity contribution in [3.8, 4) is 0 Å². The number of nitrogens with one attached hydrogen (secondary N) is 1. The summed E-state index contributed by atoms with van der Waals surface area (Å²) in [4.78, 5) is 14.3. The smallest absolute Gasteiger partial charge is 0.224 e. The summed E-state index contributed by atoms with van der Waals surface area (Å²) in [6.07, 6.45) is 6.71. The minimum Gasteiger partial charge on any atom is -0.338 e. The van der Waals surface area contributed by atoms with Crippen molar-refractivity contribution in [1.82, 2.24) is 10.2 Å². The molecule has 1 amide bonds. The highest BCUT2D eigenvalue weighted by Gasteiger charge is 2.35. The number of nitrogens with zero attached hydrogens (tertiary/aromatic N) is 1. The first-order valence-corrected chi connectivity index (χ1v) is 6.63. The second kappa shape index (κ2) is 4.74. The minimum atomic E-state index is 0.0890. The van der Waals surface area contributed by atoms with Gasteiger partial charge in [0.15, 0.2) is 0 Å². The molecule has 2 aliphatic rings. The van der Waals surface area contributed by atoms with Crippen LogP contribution in [0, 0.1) is 0 Å². The number of hydrogen-bond acceptors (Lipinski definition) is 2. The molecular weight excluding hydrogens is 200 g/mol. The number of hydrogen-bond donors (Lipinski definition) is 1. The van der Waals surface area contributed by atoms with E-state index in [1.165, 1.54) is 19.3 Å². The zero-order valence-electron chi connectivity index (χ0n) is 10.6. The average molecular weight is 224 g/mol. The van der Waals surface area contributed by atoms with Crippen molar-refractivity contribution in [3.63, 3.8) is 0 Å². The Hall–Kier alpha value is -0.570. The van der Waals surface area contributed by atoms with Crippen molar-refractivity contribution in [2.45, 2.75) is 64.0 Å². The normalized spacial score (nSPS) is 29.4. The van der Waals surface area contributed by atoms with Gasteiger partial charge in [0.25, 0.3) is 0 Å². The lowest BCUT2D eigenvalue weighted by atomic mass is 9.99. The second-order valence-electron chi connectivity index (χ2n) is 5.81. The molecule has 2 aliphatic heterocycles. The highest BCUT2D eigenvalue weighted by atomic mass is 16.2. The number of amides is 1. The monoisotopic (exact) mass is 224 g/mol. The van der Waals surface area contributed by atoms with E-state index in [-0.39, 0.29) is 5.54 Å². The topological polar surface area (TPSA) is 32.3 Å². The van der Waals surface area contributed by atoms with Crippen LogP contribution in [0.15, 0.2) is 0 Å². The first-order chi connectivity index (χ1) is 7.59. The molecule has 2 fully saturated rings. The van der Waals surface area contributed by atoms with E-state index in [1.807, 2.05) is 0 Å². The van der Waals surface area contributed by atoms with Gasteiger partial charge >= 0.3 is 0 Å². The van der Waals surface area contributed by atoms with E-state index in [1.54, 1.807) is 0 Å². The van der Waals surface area contributed by atoms with Gasteiger partial charge in [-0.3, -0.25) is 4.79 Å². The number of carbonyl (C=O) groups excluding carboxylic acids is 1. The van der Waals surface area contributed by atoms with Crippen LogP contribution in [0.5, 0.6) is 0 Å². The van der Waals surface area contributed by atoms with Crippen molar-refractivity contribution in [2.24, 2.45) is 0 Å². The predicted molar refractivity (Wildman–Crippen MR) is 65.3 cm³/mol. The van der Waals surface area contributed by atoms with Crippen LogP contribution in [0.1, 0.15) is 52.4 Å². The molecule has 1 N–H and O–H groups in total. The fraction of sp³-hybridized carbons (Fsp3) is 0.923. The Morgan fingerprint density at radius 2 is 2.19 bits per heavy atom. The lowest BCUT2D eigenvalue weighted by Crippen LogP contribution is -2.46. The van der Waals surface area contributed by atoms with Gasteiger partial charge in [0.05, 0.1) is 0 Å². The summed E-state index contributed by atoms with van der Waals surface area (Å²) in [5.41, 5.74) is 0.0890. The minimum absolute atomic E-state index is 0.0890. The Bertz CT molecular complexity index is 257. The van der Waals surface area contributed by atoms with Gasteiger partial charge in [-0.05, 0) is 46.1 Å². The predicted octanol–water partition coefficient (Wildman–Crippen LogP) is 1.92. The lowest BCUT2D eigenvalue weighted by molar-refractivity contribution is -0.135. The maximum atomic E-state index is 12.2. The number of piperidine rings is 1. The summed E-state index contributed by atoms with van der Waals surface area (Å²) in [6.45, 7) is 6.41. The summed E-state index contributed by atoms with van der Waals surface area (Å²) in [7, 11) is 0. The molecule has 3 nitrogen and oxygen atoms in total. The van der Waals surface area contributed by atoms with E-state index < -0.39 is 0 Å². The van der Waals surface area contributed by atoms with Crippen molar-refractivity contribution in [3.05, 3.63) is 0 Å². The van der Waals surface area contributed by atoms with Crippen LogP contribution in [-0.2, 0) is 4.79 Å². The van der Waals surface area contributed by atoms with Gasteiger partial charge in [-0.2, -0.15) is 0 Å². The third kappa shape index (κ3) is 2.57. The number of carbonyl (C=O) groups is 1. The van der Waals surface area contributed by atoms with Crippen LogP contribution in [0.3, 0.4) is 0 Å². The molecule has 0 aliphatic carbocycles. The van der Waals surface area contributed by atoms with E-state index in [0.29, 0.717) is 18.4 Å². The molecule has 0 bridgehead atoms. The van der Waals surface area contributed by atoms with E-state index in [9.17, 15) is 4.79 Å². The van der Waals surface area contributed by atoms with Gasteiger partial charge < -0.3 is 10.2 Å². The third-order valence-corrected chi connectivity index (χ3v) is 4.04. The van der Waals surface area contributed by atoms with Crippen LogP contribution in [0.4, 0.5) is 0 Å². The number of likely N-dealkylation sites (tertiary alicyclic amines) is 1. The van der Waals surface area contributed by atoms with Crippen molar-refractivity contribution >= 4 is 5.91 Å². The van der Waals surface area contributed by atoms with Gasteiger partial charge in [-0.1, -0.05) is 6.42 Å². The molecule has 0 aromatic carbocycles. The quantitative estimate of drug-likeness (QED) is 0.777. The summed E-state index contributed by atoms with van der Waals surface area (Å²) in [6, 6.07) is 0.428. The zero-order valence-corrected chi connectivity index (χ0v) is 10.6. The maximum absolute atomic E-state index is 12.2. The molecule has 3 heteroatoms. The van der Waals surface area contributed by atoms with E-state index in [2.05, 4.69) is 24.1 Å². The van der Waals surface area contributed by atoms with Gasteiger partial charge in [-0.15, -0.1) is 0 Å². The molecule has 0 spiro atoms. The summed E-state index contributed by atoms with van der Waals surface area (Å²) >= 11 is 0. The SMILES string of the molecule is CC1(C)CCCN1C(=O)CC1CCCCN1. The van der Waals surface area contributed by atoms with Gasteiger partial charge in [-0.25, -0.2) is 0 Å². The Morgan fingerprint density at radius 3 is 2.75 bits per heavy atom. The zero-order chi connectivity index (χ0) is 11.6. The van der Waals surface area contributed by atoms with Crippen molar-refractivity contribution < 1.29 is 4.79 Å². The Morgan fingerprint density at radius 1 is 1.38 bits per heavy atom. The molecule has 92 valence electrons. The standard InChI is InChI=1S/C13H24N2O/c1-13(2)7-5-9-15(13)12(16)10-11-6-3-4-8-14-11/h11,14H,3-10H2,1-2H3. The van der Waals surface area contributed by atoms with E-state index >= 15 is 0 Å². The van der Waals surface area contributed by atoms with Crippen LogP contribution in [0.25, 0.3) is 0 Å². The van der Waals surface area contributed by atoms with Gasteiger partial charge in [0.1, 0.15) is 0 Å². The van der Waals surface area contributed by atoms with E-state index in [0.717, 1.165) is 25.9 Å². The van der Waals surface area contributed by atoms with Crippen LogP contribution in [-0.4, -0.2) is 35.5 Å². The number of rotatable bonds is 2. The molecule has 1 unspecified atom stereocenters. The van der Waals surface area contributed by atoms with Crippen LogP contribution < -0.4 is 5.32 Å². The Kier molecular flexibility index (Phi) is 3.53. The molecule has 0 saturated carbocycles. The Labute approximate surface area is 98.6 Å². The molecule has 0 aromatic heterocycles. The first kappa shape index (κ1) is 11.9. The fourth-order valence-corrected chi connectivity index (χ4v) is 2.99. The summed E-state index contributed by atoms with van der Waals surface area (Å²) in [5.74, 6) is 0.349. The molecule has 0 aromatic rings. The fourth-order valence-electron chi connectivity index (χ4n) is 2.99. The Balaban J connectivity index is 1.87. The highest BCUT2D eigenvalue weighted by Crippen LogP contribution is 2.29. The summed E-state index contributed by atoms with van der Waals surface area (Å²) in [5, 5.41) is 3.45. The maximum Gasteiger partial charge on any atom is 0.224 e. The molecule has 1 atom stereocenters. The molecule has 2 heterocycles. The van der Waals surface area contributed by atoms with E-state index in [4.69, 9.17) is 0 Å². The first-order valence-electron chi connectivity index (χ1n) is 6.63. The molecule has 16 heavy (non-hydrogen) atoms. The van der Waals surface area contributed by atoms with Crippen LogP contribution in [0.2, 0.25) is 0 Å². The van der Waals surface area contributed by atoms with Gasteiger partial charge in [0.2, 0.25) is 5.91 Å². The molecular formula is C13H24N2O. The molecule has 0 radical (unpaired) electrons.